The highest BCUT2D eigenvalue weighted by Gasteiger charge is 2.57. The van der Waals surface area contributed by atoms with E-state index in [1.807, 2.05) is 41.5 Å². The number of carbonyl (C=O) groups excluding carboxylic acids is 1. The van der Waals surface area contributed by atoms with E-state index in [9.17, 15) is 19.8 Å². The summed E-state index contributed by atoms with van der Waals surface area (Å²) in [7, 11) is 1.08. The van der Waals surface area contributed by atoms with Gasteiger partial charge in [-0.2, -0.15) is 0 Å². The summed E-state index contributed by atoms with van der Waals surface area (Å²) in [5.41, 5.74) is -0.444. The Bertz CT molecular complexity index is 1080. The molecule has 0 bridgehead atoms. The van der Waals surface area contributed by atoms with Crippen molar-refractivity contribution in [2.45, 2.75) is 73.2 Å². The predicted molar refractivity (Wildman–Crippen MR) is 135 cm³/mol. The lowest BCUT2D eigenvalue weighted by Crippen LogP contribution is -2.54. The molecule has 0 spiro atoms. The third-order valence-corrected chi connectivity index (χ3v) is 7.30. The fourth-order valence-electron chi connectivity index (χ4n) is 3.78. The van der Waals surface area contributed by atoms with Gasteiger partial charge >= 0.3 is 5.97 Å². The Balaban J connectivity index is 3.02. The van der Waals surface area contributed by atoms with Crippen LogP contribution in [0.4, 0.5) is 5.69 Å². The van der Waals surface area contributed by atoms with Gasteiger partial charge in [-0.05, 0) is 25.7 Å². The third-order valence-electron chi connectivity index (χ3n) is 6.46. The van der Waals surface area contributed by atoms with E-state index in [0.29, 0.717) is 22.3 Å². The van der Waals surface area contributed by atoms with Gasteiger partial charge in [0, 0.05) is 36.3 Å². The molecule has 9 nitrogen and oxygen atoms in total. The zero-order valence-electron chi connectivity index (χ0n) is 21.9. The highest BCUT2D eigenvalue weighted by Crippen LogP contribution is 2.45. The van der Waals surface area contributed by atoms with E-state index in [2.05, 4.69) is 0 Å². The molecular weight excluding hydrogens is 471 g/mol. The van der Waals surface area contributed by atoms with Gasteiger partial charge in [-0.1, -0.05) is 39.8 Å². The van der Waals surface area contributed by atoms with E-state index >= 15 is 0 Å². The number of allylic oxidation sites excluding steroid dienone is 1. The molecule has 0 aliphatic carbocycles. The molecular formula is C25H36N2O7P+. The molecule has 1 aromatic rings. The van der Waals surface area contributed by atoms with Crippen LogP contribution in [0.2, 0.25) is 0 Å². The van der Waals surface area contributed by atoms with Crippen LogP contribution in [0.5, 0.6) is 0 Å². The monoisotopic (exact) mass is 507 g/mol. The number of carbonyl (C=O) groups is 1. The second-order valence-corrected chi connectivity index (χ2v) is 10.0. The van der Waals surface area contributed by atoms with Crippen molar-refractivity contribution in [3.05, 3.63) is 51.2 Å². The van der Waals surface area contributed by atoms with E-state index in [4.69, 9.17) is 14.3 Å². The molecule has 3 unspecified atom stereocenters. The molecule has 0 saturated carbocycles. The van der Waals surface area contributed by atoms with Crippen LogP contribution in [0.25, 0.3) is 0 Å². The van der Waals surface area contributed by atoms with Gasteiger partial charge in [-0.25, -0.2) is 4.79 Å². The van der Waals surface area contributed by atoms with Gasteiger partial charge in [-0.3, -0.25) is 15.0 Å². The number of esters is 1. The summed E-state index contributed by atoms with van der Waals surface area (Å²) in [5, 5.41) is 11.9. The molecule has 1 aromatic carbocycles. The zero-order valence-corrected chi connectivity index (χ0v) is 22.8. The van der Waals surface area contributed by atoms with Crippen LogP contribution in [0, 0.1) is 22.0 Å². The maximum Gasteiger partial charge on any atom is 0.344 e. The summed E-state index contributed by atoms with van der Waals surface area (Å²) in [6.07, 6.45) is -0.607. The minimum Gasteiger partial charge on any atom is -0.465 e. The number of nitro groups is 1. The van der Waals surface area contributed by atoms with Crippen molar-refractivity contribution < 1.29 is 33.7 Å². The van der Waals surface area contributed by atoms with Crippen molar-refractivity contribution in [3.8, 4) is 0 Å². The van der Waals surface area contributed by atoms with E-state index in [1.165, 1.54) is 30.0 Å². The average molecular weight is 508 g/mol. The van der Waals surface area contributed by atoms with Gasteiger partial charge in [0.1, 0.15) is 10.9 Å². The minimum atomic E-state index is -1.64. The Morgan fingerprint density at radius 3 is 2.20 bits per heavy atom. The zero-order chi connectivity index (χ0) is 26.7. The number of ether oxygens (including phenoxy) is 2. The van der Waals surface area contributed by atoms with Crippen LogP contribution in [0.3, 0.4) is 0 Å². The Labute approximate surface area is 208 Å². The van der Waals surface area contributed by atoms with E-state index < -0.39 is 22.6 Å². The van der Waals surface area contributed by atoms with E-state index in [0.717, 1.165) is 0 Å². The highest BCUT2D eigenvalue weighted by molar-refractivity contribution is 7.38. The SMILES string of the molecule is COC(=O)C1=C(C)[N+](OC(C)C(C)C)=C(C)C(=PO)C1(OC(C)C(C)C)c1cccc([N+](=O)[O-])c1. The summed E-state index contributed by atoms with van der Waals surface area (Å²) < 4.78 is 13.4. The molecule has 2 rings (SSSR count). The third kappa shape index (κ3) is 5.47. The standard InChI is InChI=1S/C25H35N2O7P/c1-14(2)18(7)33-25(20-11-10-12-21(13-20)27(29)30)22(24(28)32-9)16(5)26(17(6)23(25)35-31)34-19(8)15(3)4/h10-15,18-19H,1-9H3/p+1. The normalized spacial score (nSPS) is 21.5. The fourth-order valence-corrected chi connectivity index (χ4v) is 4.45. The van der Waals surface area contributed by atoms with Crippen LogP contribution in [-0.4, -0.2) is 50.8 Å². The van der Waals surface area contributed by atoms with Crippen molar-refractivity contribution >= 4 is 31.1 Å². The van der Waals surface area contributed by atoms with Crippen molar-refractivity contribution in [1.29, 1.82) is 0 Å². The van der Waals surface area contributed by atoms with Gasteiger partial charge in [0.15, 0.2) is 11.7 Å². The molecule has 0 aromatic heterocycles. The van der Waals surface area contributed by atoms with Gasteiger partial charge in [0.2, 0.25) is 11.4 Å². The van der Waals surface area contributed by atoms with Gasteiger partial charge in [0.05, 0.1) is 26.6 Å². The molecule has 1 heterocycles. The van der Waals surface area contributed by atoms with Gasteiger partial charge in [-0.15, -0.1) is 0 Å². The maximum absolute atomic E-state index is 13.4. The van der Waals surface area contributed by atoms with E-state index in [-0.39, 0.29) is 37.6 Å². The number of hydrogen-bond donors (Lipinski definition) is 1. The number of nitrogens with zero attached hydrogens (tertiary/aromatic N) is 2. The van der Waals surface area contributed by atoms with Gasteiger partial charge < -0.3 is 14.4 Å². The summed E-state index contributed by atoms with van der Waals surface area (Å²) in [5.74, 6) is -0.477. The van der Waals surface area contributed by atoms with Crippen LogP contribution in [0.15, 0.2) is 35.5 Å². The van der Waals surface area contributed by atoms with E-state index in [1.54, 1.807) is 19.9 Å². The molecule has 10 heteroatoms. The lowest BCUT2D eigenvalue weighted by Gasteiger charge is -2.40. The summed E-state index contributed by atoms with van der Waals surface area (Å²) >= 11 is 0. The van der Waals surface area contributed by atoms with Crippen molar-refractivity contribution in [2.24, 2.45) is 11.8 Å². The Morgan fingerprint density at radius 2 is 1.71 bits per heavy atom. The first-order chi connectivity index (χ1) is 16.3. The molecule has 35 heavy (non-hydrogen) atoms. The van der Waals surface area contributed by atoms with Crippen LogP contribution >= 0.6 is 8.43 Å². The van der Waals surface area contributed by atoms with Gasteiger partial charge in [0.25, 0.3) is 5.69 Å². The molecule has 1 aliphatic heterocycles. The number of rotatable bonds is 9. The van der Waals surface area contributed by atoms with Crippen molar-refractivity contribution in [2.75, 3.05) is 7.11 Å². The Hall–Kier alpha value is -2.61. The van der Waals surface area contributed by atoms with Crippen LogP contribution in [0.1, 0.15) is 61.0 Å². The predicted octanol–water partition coefficient (Wildman–Crippen LogP) is 4.79. The Morgan fingerprint density at radius 1 is 1.11 bits per heavy atom. The van der Waals surface area contributed by atoms with Crippen molar-refractivity contribution in [3.63, 3.8) is 0 Å². The lowest BCUT2D eigenvalue weighted by molar-refractivity contribution is -0.765. The molecule has 0 saturated heterocycles. The number of methoxy groups -OCH3 is 1. The second-order valence-electron chi connectivity index (χ2n) is 9.39. The maximum atomic E-state index is 13.4. The van der Waals surface area contributed by atoms with Crippen molar-refractivity contribution in [1.82, 2.24) is 0 Å². The summed E-state index contributed by atoms with van der Waals surface area (Å²) in [6.45, 7) is 15.2. The Kier molecular flexibility index (Phi) is 9.34. The minimum absolute atomic E-state index is 0.0388. The largest absolute Gasteiger partial charge is 0.465 e. The molecule has 0 amide bonds. The van der Waals surface area contributed by atoms with Crippen LogP contribution in [-0.2, 0) is 24.7 Å². The highest BCUT2D eigenvalue weighted by atomic mass is 31.1. The first kappa shape index (κ1) is 28.6. The summed E-state index contributed by atoms with van der Waals surface area (Å²) in [6, 6.07) is 5.93. The number of benzene rings is 1. The number of hydrogen-bond acceptors (Lipinski definition) is 7. The molecule has 1 aliphatic rings. The second kappa shape index (κ2) is 11.4. The first-order valence-electron chi connectivity index (χ1n) is 11.6. The molecule has 0 fully saturated rings. The quantitative estimate of drug-likeness (QED) is 0.168. The number of nitro benzene ring substituents is 1. The first-order valence-corrected chi connectivity index (χ1v) is 12.4. The topological polar surface area (TPSA) is 111 Å². The molecule has 3 atom stereocenters. The average Bonchev–Trinajstić information content (AvgIpc) is 2.81. The smallest absolute Gasteiger partial charge is 0.344 e. The summed E-state index contributed by atoms with van der Waals surface area (Å²) in [4.78, 5) is 41.4. The lowest BCUT2D eigenvalue weighted by atomic mass is 9.78. The molecule has 0 radical (unpaired) electrons. The number of hydroxylamine groups is 1. The fraction of sp³-hybridized carbons (Fsp3) is 0.560. The van der Waals surface area contributed by atoms with Crippen LogP contribution < -0.4 is 0 Å². The molecule has 192 valence electrons. The number of non-ortho nitro benzene ring substituents is 1. The molecule has 1 N–H and O–H groups in total.